The Balaban J connectivity index is 3.22. The van der Waals surface area contributed by atoms with Gasteiger partial charge in [0.05, 0.1) is 5.69 Å². The molecule has 0 radical (unpaired) electrons. The van der Waals surface area contributed by atoms with Crippen LogP contribution < -0.4 is 16.2 Å². The maximum Gasteiger partial charge on any atom is 0.244 e. The lowest BCUT2D eigenvalue weighted by Crippen LogP contribution is -2.46. The van der Waals surface area contributed by atoms with Crippen molar-refractivity contribution < 1.29 is 13.2 Å². The molecule has 1 rings (SSSR count). The van der Waals surface area contributed by atoms with Crippen molar-refractivity contribution in [1.82, 2.24) is 4.72 Å². The van der Waals surface area contributed by atoms with Crippen LogP contribution in [0.25, 0.3) is 0 Å². The minimum absolute atomic E-state index is 0.0711. The van der Waals surface area contributed by atoms with Gasteiger partial charge in [0.1, 0.15) is 4.90 Å². The van der Waals surface area contributed by atoms with Crippen LogP contribution in [0.3, 0.4) is 0 Å². The lowest BCUT2D eigenvalue weighted by Gasteiger charge is -2.25. The SMILES string of the molecule is CC(C)(CC(N)=O)NS(=O)(=O)c1c(N)cc(Br)cc1Br. The summed E-state index contributed by atoms with van der Waals surface area (Å²) in [7, 11) is -3.89. The van der Waals surface area contributed by atoms with Gasteiger partial charge in [-0.05, 0) is 41.9 Å². The van der Waals surface area contributed by atoms with E-state index in [1.165, 1.54) is 6.07 Å². The Morgan fingerprint density at radius 3 is 2.35 bits per heavy atom. The number of hydrogen-bond donors (Lipinski definition) is 3. The maximum atomic E-state index is 12.4. The van der Waals surface area contributed by atoms with Gasteiger partial charge in [-0.3, -0.25) is 4.79 Å². The summed E-state index contributed by atoms with van der Waals surface area (Å²) in [6.07, 6.45) is -0.125. The zero-order valence-electron chi connectivity index (χ0n) is 10.9. The summed E-state index contributed by atoms with van der Waals surface area (Å²) < 4.78 is 28.2. The van der Waals surface area contributed by atoms with Gasteiger partial charge >= 0.3 is 0 Å². The van der Waals surface area contributed by atoms with Crippen molar-refractivity contribution in [2.45, 2.75) is 30.7 Å². The Kier molecular flexibility index (Phi) is 5.23. The molecule has 1 aromatic carbocycles. The number of carbonyl (C=O) groups excluding carboxylic acids is 1. The average Bonchev–Trinajstić information content (AvgIpc) is 2.08. The van der Waals surface area contributed by atoms with Gasteiger partial charge in [0.2, 0.25) is 15.9 Å². The van der Waals surface area contributed by atoms with E-state index in [9.17, 15) is 13.2 Å². The number of hydrogen-bond acceptors (Lipinski definition) is 4. The number of rotatable bonds is 5. The van der Waals surface area contributed by atoms with Gasteiger partial charge in [-0.2, -0.15) is 0 Å². The summed E-state index contributed by atoms with van der Waals surface area (Å²) in [4.78, 5) is 10.9. The molecule has 0 aromatic heterocycles. The van der Waals surface area contributed by atoms with Crippen LogP contribution in [0, 0.1) is 0 Å². The van der Waals surface area contributed by atoms with Crippen molar-refractivity contribution in [3.05, 3.63) is 21.1 Å². The fourth-order valence-electron chi connectivity index (χ4n) is 1.75. The molecule has 0 bridgehead atoms. The first kappa shape index (κ1) is 17.4. The van der Waals surface area contributed by atoms with Crippen molar-refractivity contribution >= 4 is 53.5 Å². The number of nitrogen functional groups attached to an aromatic ring is 1. The monoisotopic (exact) mass is 427 g/mol. The van der Waals surface area contributed by atoms with Crippen LogP contribution in [-0.4, -0.2) is 19.9 Å². The van der Waals surface area contributed by atoms with Crippen LogP contribution in [0.15, 0.2) is 26.0 Å². The molecule has 1 aromatic rings. The predicted octanol–water partition coefficient (Wildman–Crippen LogP) is 1.73. The summed E-state index contributed by atoms with van der Waals surface area (Å²) >= 11 is 6.39. The van der Waals surface area contributed by atoms with Crippen LogP contribution >= 0.6 is 31.9 Å². The lowest BCUT2D eigenvalue weighted by atomic mass is 10.0. The standard InChI is InChI=1S/C11H15Br2N3O3S/c1-11(2,5-9(15)17)16-20(18,19)10-7(13)3-6(12)4-8(10)14/h3-4,16H,5,14H2,1-2H3,(H2,15,17). The Morgan fingerprint density at radius 1 is 1.35 bits per heavy atom. The highest BCUT2D eigenvalue weighted by Crippen LogP contribution is 2.32. The maximum absolute atomic E-state index is 12.4. The summed E-state index contributed by atoms with van der Waals surface area (Å²) in [6, 6.07) is 3.06. The summed E-state index contributed by atoms with van der Waals surface area (Å²) in [5.41, 5.74) is 9.94. The Morgan fingerprint density at radius 2 is 1.90 bits per heavy atom. The van der Waals surface area contributed by atoms with Gasteiger partial charge in [-0.15, -0.1) is 0 Å². The number of sulfonamides is 1. The molecule has 0 aliphatic rings. The Bertz CT molecular complexity index is 621. The average molecular weight is 429 g/mol. The number of halogens is 2. The van der Waals surface area contributed by atoms with Gasteiger partial charge in [0, 0.05) is 20.9 Å². The molecule has 6 nitrogen and oxygen atoms in total. The molecule has 0 unspecified atom stereocenters. The first-order chi connectivity index (χ1) is 8.94. The molecule has 0 saturated carbocycles. The van der Waals surface area contributed by atoms with E-state index in [2.05, 4.69) is 36.6 Å². The third kappa shape index (κ3) is 4.44. The molecule has 112 valence electrons. The molecule has 9 heteroatoms. The van der Waals surface area contributed by atoms with E-state index in [1.54, 1.807) is 19.9 Å². The fraction of sp³-hybridized carbons (Fsp3) is 0.364. The van der Waals surface area contributed by atoms with Crippen molar-refractivity contribution in [1.29, 1.82) is 0 Å². The van der Waals surface area contributed by atoms with Gasteiger partial charge in [0.15, 0.2) is 0 Å². The highest BCUT2D eigenvalue weighted by atomic mass is 79.9. The van der Waals surface area contributed by atoms with Crippen LogP contribution in [0.5, 0.6) is 0 Å². The van der Waals surface area contributed by atoms with Crippen molar-refractivity contribution in [3.8, 4) is 0 Å². The normalized spacial score (nSPS) is 12.4. The minimum atomic E-state index is -3.89. The predicted molar refractivity (Wildman–Crippen MR) is 84.5 cm³/mol. The molecule has 0 fully saturated rings. The number of anilines is 1. The van der Waals surface area contributed by atoms with E-state index >= 15 is 0 Å². The quantitative estimate of drug-likeness (QED) is 0.619. The molecule has 1 amide bonds. The Hall–Kier alpha value is -0.640. The zero-order chi connectivity index (χ0) is 15.7. The summed E-state index contributed by atoms with van der Waals surface area (Å²) in [5.74, 6) is -0.597. The number of primary amides is 1. The number of benzene rings is 1. The first-order valence-electron chi connectivity index (χ1n) is 5.51. The number of nitrogens with two attached hydrogens (primary N) is 2. The molecule has 0 atom stereocenters. The molecular formula is C11H15Br2N3O3S. The van der Waals surface area contributed by atoms with Gasteiger partial charge in [-0.25, -0.2) is 13.1 Å². The smallest absolute Gasteiger partial charge is 0.244 e. The largest absolute Gasteiger partial charge is 0.398 e. The third-order valence-electron chi connectivity index (χ3n) is 2.33. The number of amides is 1. The van der Waals surface area contributed by atoms with Crippen molar-refractivity contribution in [2.75, 3.05) is 5.73 Å². The number of carbonyl (C=O) groups is 1. The van der Waals surface area contributed by atoms with Crippen molar-refractivity contribution in [2.24, 2.45) is 5.73 Å². The lowest BCUT2D eigenvalue weighted by molar-refractivity contribution is -0.119. The molecule has 0 spiro atoms. The summed E-state index contributed by atoms with van der Waals surface area (Å²) in [6.45, 7) is 3.14. The molecule has 0 aliphatic heterocycles. The van der Waals surface area contributed by atoms with Crippen LogP contribution in [0.4, 0.5) is 5.69 Å². The van der Waals surface area contributed by atoms with E-state index < -0.39 is 21.5 Å². The van der Waals surface area contributed by atoms with Crippen LogP contribution in [-0.2, 0) is 14.8 Å². The van der Waals surface area contributed by atoms with Gasteiger partial charge in [0.25, 0.3) is 0 Å². The highest BCUT2D eigenvalue weighted by Gasteiger charge is 2.30. The van der Waals surface area contributed by atoms with E-state index in [0.717, 1.165) is 0 Å². The second-order valence-electron chi connectivity index (χ2n) is 4.94. The molecule has 0 heterocycles. The van der Waals surface area contributed by atoms with Crippen LogP contribution in [0.2, 0.25) is 0 Å². The van der Waals surface area contributed by atoms with E-state index in [-0.39, 0.29) is 17.0 Å². The topological polar surface area (TPSA) is 115 Å². The minimum Gasteiger partial charge on any atom is -0.398 e. The third-order valence-corrected chi connectivity index (χ3v) is 5.49. The zero-order valence-corrected chi connectivity index (χ0v) is 14.9. The first-order valence-corrected chi connectivity index (χ1v) is 8.58. The van der Waals surface area contributed by atoms with E-state index in [0.29, 0.717) is 8.95 Å². The highest BCUT2D eigenvalue weighted by molar-refractivity contribution is 9.11. The van der Waals surface area contributed by atoms with Gasteiger partial charge < -0.3 is 11.5 Å². The van der Waals surface area contributed by atoms with Gasteiger partial charge in [-0.1, -0.05) is 15.9 Å². The Labute approximate surface area is 134 Å². The molecule has 5 N–H and O–H groups in total. The number of nitrogens with one attached hydrogen (secondary N) is 1. The molecular weight excluding hydrogens is 414 g/mol. The van der Waals surface area contributed by atoms with E-state index in [4.69, 9.17) is 11.5 Å². The molecule has 0 saturated heterocycles. The second kappa shape index (κ2) is 6.00. The second-order valence-corrected chi connectivity index (χ2v) is 8.33. The van der Waals surface area contributed by atoms with Crippen molar-refractivity contribution in [3.63, 3.8) is 0 Å². The molecule has 0 aliphatic carbocycles. The summed E-state index contributed by atoms with van der Waals surface area (Å²) in [5, 5.41) is 0. The fourth-order valence-corrected chi connectivity index (χ4v) is 5.23. The van der Waals surface area contributed by atoms with Crippen LogP contribution in [0.1, 0.15) is 20.3 Å². The molecule has 20 heavy (non-hydrogen) atoms. The van der Waals surface area contributed by atoms with E-state index in [1.807, 2.05) is 0 Å².